The van der Waals surface area contributed by atoms with Crippen LogP contribution in [0.25, 0.3) is 33.1 Å². The molecule has 4 aromatic rings. The van der Waals surface area contributed by atoms with E-state index in [4.69, 9.17) is 32.7 Å². The third kappa shape index (κ3) is 5.72. The lowest BCUT2D eigenvalue weighted by molar-refractivity contribution is -0.125. The minimum Gasteiger partial charge on any atom is -0.444 e. The molecule has 2 aliphatic heterocycles. The molecule has 6 rings (SSSR count). The molecule has 0 saturated carbocycles. The summed E-state index contributed by atoms with van der Waals surface area (Å²) < 4.78 is 29.4. The molecule has 2 atom stereocenters. The smallest absolute Gasteiger partial charge is 0.410 e. The van der Waals surface area contributed by atoms with Crippen molar-refractivity contribution in [3.05, 3.63) is 45.7 Å². The normalized spacial score (nSPS) is 19.1. The molecule has 11 nitrogen and oxygen atoms in total. The average Bonchev–Trinajstić information content (AvgIpc) is 3.44. The van der Waals surface area contributed by atoms with Crippen molar-refractivity contribution in [2.24, 2.45) is 0 Å². The van der Waals surface area contributed by atoms with Crippen molar-refractivity contribution in [3.8, 4) is 17.2 Å². The van der Waals surface area contributed by atoms with E-state index in [0.29, 0.717) is 52.0 Å². The lowest BCUT2D eigenvalue weighted by Gasteiger charge is -2.39. The van der Waals surface area contributed by atoms with Gasteiger partial charge in [0.05, 0.1) is 42.7 Å². The van der Waals surface area contributed by atoms with Gasteiger partial charge in [0, 0.05) is 22.5 Å². The maximum atomic E-state index is 16.8. The van der Waals surface area contributed by atoms with Crippen LogP contribution in [-0.2, 0) is 14.3 Å². The number of nitriles is 1. The zero-order chi connectivity index (χ0) is 32.9. The minimum absolute atomic E-state index is 0.0103. The number of hydrogen-bond donors (Lipinski definition) is 0. The maximum Gasteiger partial charge on any atom is 0.410 e. The van der Waals surface area contributed by atoms with E-state index >= 15 is 4.39 Å². The van der Waals surface area contributed by atoms with E-state index < -0.39 is 23.6 Å². The summed E-state index contributed by atoms with van der Waals surface area (Å²) in [7, 11) is 0. The SMILES string of the molecule is Cc1c(Cl)cccc1-c1c(Cl)cc2c(nc(N3CCOCC3=O)c3nnn([C@H]4CCN(C(=O)OC(C)(C)C)[C@H](CC#N)C4)c32)c1F. The van der Waals surface area contributed by atoms with Crippen LogP contribution >= 0.6 is 23.2 Å². The van der Waals surface area contributed by atoms with Gasteiger partial charge in [0.2, 0.25) is 0 Å². The Morgan fingerprint density at radius 1 is 1.22 bits per heavy atom. The van der Waals surface area contributed by atoms with Crippen molar-refractivity contribution < 1.29 is 23.5 Å². The van der Waals surface area contributed by atoms with E-state index in [-0.39, 0.29) is 60.0 Å². The Kier molecular flexibility index (Phi) is 8.52. The van der Waals surface area contributed by atoms with Crippen molar-refractivity contribution in [2.75, 3.05) is 31.2 Å². The predicted molar refractivity (Wildman–Crippen MR) is 171 cm³/mol. The Morgan fingerprint density at radius 2 is 2.00 bits per heavy atom. The van der Waals surface area contributed by atoms with E-state index in [0.717, 1.165) is 0 Å². The largest absolute Gasteiger partial charge is 0.444 e. The number of halogens is 3. The number of piperidine rings is 1. The molecule has 2 aromatic carbocycles. The Hall–Kier alpha value is -4.05. The number of fused-ring (bicyclic) bond motifs is 3. The Bertz CT molecular complexity index is 1920. The summed E-state index contributed by atoms with van der Waals surface area (Å²) in [4.78, 5) is 33.7. The first-order valence-electron chi connectivity index (χ1n) is 15.0. The monoisotopic (exact) mass is 667 g/mol. The van der Waals surface area contributed by atoms with Crippen LogP contribution in [0.1, 0.15) is 51.6 Å². The zero-order valence-electron chi connectivity index (χ0n) is 25.8. The topological polar surface area (TPSA) is 126 Å². The van der Waals surface area contributed by atoms with Gasteiger partial charge in [0.25, 0.3) is 5.91 Å². The highest BCUT2D eigenvalue weighted by atomic mass is 35.5. The van der Waals surface area contributed by atoms with Crippen LogP contribution in [0, 0.1) is 24.1 Å². The van der Waals surface area contributed by atoms with Gasteiger partial charge < -0.3 is 14.4 Å². The molecule has 14 heteroatoms. The van der Waals surface area contributed by atoms with E-state index in [1.54, 1.807) is 61.5 Å². The van der Waals surface area contributed by atoms with E-state index in [1.807, 2.05) is 0 Å². The summed E-state index contributed by atoms with van der Waals surface area (Å²) in [6.07, 6.45) is 0.429. The molecule has 2 saturated heterocycles. The second kappa shape index (κ2) is 12.3. The Balaban J connectivity index is 1.53. The first-order chi connectivity index (χ1) is 21.9. The number of hydrogen-bond acceptors (Lipinski definition) is 8. The van der Waals surface area contributed by atoms with E-state index in [1.165, 1.54) is 4.90 Å². The predicted octanol–water partition coefficient (Wildman–Crippen LogP) is 6.62. The van der Waals surface area contributed by atoms with Gasteiger partial charge >= 0.3 is 6.09 Å². The van der Waals surface area contributed by atoms with Crippen LogP contribution in [0.3, 0.4) is 0 Å². The molecule has 0 spiro atoms. The average molecular weight is 669 g/mol. The molecule has 0 bridgehead atoms. The number of aromatic nitrogens is 4. The molecule has 2 aliphatic rings. The third-order valence-electron chi connectivity index (χ3n) is 8.34. The number of morpholine rings is 1. The Labute approximate surface area is 274 Å². The first kappa shape index (κ1) is 31.9. The number of carbonyl (C=O) groups excluding carboxylic acids is 2. The molecule has 2 amide bonds. The van der Waals surface area contributed by atoms with Gasteiger partial charge in [0.1, 0.15) is 23.2 Å². The number of likely N-dealkylation sites (tertiary alicyclic amines) is 1. The van der Waals surface area contributed by atoms with Crippen LogP contribution in [0.2, 0.25) is 10.0 Å². The van der Waals surface area contributed by atoms with Gasteiger partial charge in [-0.05, 0) is 63.8 Å². The maximum absolute atomic E-state index is 16.8. The van der Waals surface area contributed by atoms with Crippen LogP contribution in [0.15, 0.2) is 24.3 Å². The molecule has 0 N–H and O–H groups in total. The van der Waals surface area contributed by atoms with Crippen LogP contribution in [-0.4, -0.2) is 74.8 Å². The molecule has 0 aliphatic carbocycles. The number of carbonyl (C=O) groups is 2. The van der Waals surface area contributed by atoms with Crippen molar-refractivity contribution in [3.63, 3.8) is 0 Å². The summed E-state index contributed by atoms with van der Waals surface area (Å²) in [6.45, 7) is 7.78. The third-order valence-corrected chi connectivity index (χ3v) is 9.05. The van der Waals surface area contributed by atoms with Gasteiger partial charge in [0.15, 0.2) is 17.2 Å². The number of nitrogens with zero attached hydrogens (tertiary/aromatic N) is 7. The number of rotatable bonds is 4. The summed E-state index contributed by atoms with van der Waals surface area (Å²) in [5.41, 5.74) is 1.35. The fourth-order valence-corrected chi connectivity index (χ4v) is 6.64. The lowest BCUT2D eigenvalue weighted by Crippen LogP contribution is -2.48. The molecule has 0 radical (unpaired) electrons. The number of amides is 2. The van der Waals surface area contributed by atoms with E-state index in [9.17, 15) is 14.9 Å². The van der Waals surface area contributed by atoms with E-state index in [2.05, 4.69) is 21.4 Å². The quantitative estimate of drug-likeness (QED) is 0.238. The fraction of sp³-hybridized carbons (Fsp3) is 0.438. The van der Waals surface area contributed by atoms with Gasteiger partial charge in [-0.2, -0.15) is 5.26 Å². The van der Waals surface area contributed by atoms with Gasteiger partial charge in [-0.15, -0.1) is 5.10 Å². The highest BCUT2D eigenvalue weighted by molar-refractivity contribution is 6.35. The molecule has 4 heterocycles. The number of ether oxygens (including phenoxy) is 2. The van der Waals surface area contributed by atoms with Crippen LogP contribution in [0.4, 0.5) is 15.0 Å². The van der Waals surface area contributed by atoms with Crippen molar-refractivity contribution in [1.29, 1.82) is 5.26 Å². The standard InChI is InChI=1S/C32H32Cl2FN7O4/c1-17-20(6-5-7-22(17)33)25-23(34)15-21-27(26(25)35)37-30(41-12-13-45-16-24(41)43)28-29(21)42(39-38-28)19-9-11-40(18(14-19)8-10-36)31(44)46-32(2,3)4/h5-7,15,18-19H,8-9,11-14,16H2,1-4H3/t18-,19+/m1/s1. The number of benzene rings is 2. The minimum atomic E-state index is -0.696. The second-order valence-corrected chi connectivity index (χ2v) is 13.3. The number of pyridine rings is 1. The molecule has 2 fully saturated rings. The number of anilines is 1. The van der Waals surface area contributed by atoms with Gasteiger partial charge in [-0.3, -0.25) is 9.69 Å². The Morgan fingerprint density at radius 3 is 2.72 bits per heavy atom. The summed E-state index contributed by atoms with van der Waals surface area (Å²) in [5.74, 6) is -0.850. The summed E-state index contributed by atoms with van der Waals surface area (Å²) in [5, 5.41) is 19.5. The molecular formula is C32H32Cl2FN7O4. The van der Waals surface area contributed by atoms with Crippen molar-refractivity contribution in [2.45, 2.75) is 64.6 Å². The summed E-state index contributed by atoms with van der Waals surface area (Å²) >= 11 is 13.2. The molecule has 46 heavy (non-hydrogen) atoms. The lowest BCUT2D eigenvalue weighted by atomic mass is 9.95. The van der Waals surface area contributed by atoms with Gasteiger partial charge in [-0.25, -0.2) is 18.9 Å². The molecule has 0 unspecified atom stereocenters. The molecule has 2 aromatic heterocycles. The van der Waals surface area contributed by atoms with Crippen molar-refractivity contribution >= 4 is 63.0 Å². The fourth-order valence-electron chi connectivity index (χ4n) is 6.18. The molecule has 240 valence electrons. The van der Waals surface area contributed by atoms with Crippen LogP contribution < -0.4 is 4.90 Å². The molecular weight excluding hydrogens is 636 g/mol. The first-order valence-corrected chi connectivity index (χ1v) is 15.7. The second-order valence-electron chi connectivity index (χ2n) is 12.5. The zero-order valence-corrected chi connectivity index (χ0v) is 27.3. The summed E-state index contributed by atoms with van der Waals surface area (Å²) in [6, 6.07) is 8.22. The highest BCUT2D eigenvalue weighted by Gasteiger charge is 2.37. The van der Waals surface area contributed by atoms with Gasteiger partial charge in [-0.1, -0.05) is 40.5 Å². The highest BCUT2D eigenvalue weighted by Crippen LogP contribution is 2.43. The van der Waals surface area contributed by atoms with Crippen LogP contribution in [0.5, 0.6) is 0 Å². The van der Waals surface area contributed by atoms with Crippen molar-refractivity contribution in [1.82, 2.24) is 24.9 Å².